The molecule has 1 aliphatic rings. The van der Waals surface area contributed by atoms with E-state index in [1.807, 2.05) is 31.2 Å². The Bertz CT molecular complexity index is 2050. The number of nitrogens with zero attached hydrogens (tertiary/aromatic N) is 4. The zero-order valence-electron chi connectivity index (χ0n) is 28.7. The average Bonchev–Trinajstić information content (AvgIpc) is 3.72. The fourth-order valence-corrected chi connectivity index (χ4v) is 5.60. The lowest BCUT2D eigenvalue weighted by Crippen LogP contribution is -2.35. The molecule has 2 heterocycles. The molecule has 0 unspecified atom stereocenters. The topological polar surface area (TPSA) is 190 Å². The lowest BCUT2D eigenvalue weighted by molar-refractivity contribution is -0.140. The first kappa shape index (κ1) is 36.6. The number of carboxylic acids is 1. The maximum absolute atomic E-state index is 12.0. The van der Waals surface area contributed by atoms with Crippen LogP contribution in [0.5, 0.6) is 5.75 Å². The molecule has 4 N–H and O–H groups in total. The standard InChI is InChI=1S/C21H22N2O4.C16H17N5O4/c1-15(22-10-11-23(14-24)12-21(25)26)27-13-20-18-8-4-2-6-16(18)17-7-3-5-9-19(17)20;1-3-21-9-17-12-13(21)18-15(19-14(12)22)20-16(23)25-8-10-4-6-11(24-2)7-5-10/h2-9,14,20,22H,1,10-13H2,(H,25,26);4-7,9H,3,8H2,1-2H3,(H2,18,19,20,22,23). The summed E-state index contributed by atoms with van der Waals surface area (Å²) in [5.41, 5.74) is 5.93. The van der Waals surface area contributed by atoms with E-state index in [0.717, 1.165) is 11.3 Å². The molecule has 15 nitrogen and oxygen atoms in total. The van der Waals surface area contributed by atoms with Gasteiger partial charge in [0.05, 0.1) is 13.4 Å². The monoisotopic (exact) mass is 709 g/mol. The summed E-state index contributed by atoms with van der Waals surface area (Å²) in [6.45, 7) is 7.19. The Kier molecular flexibility index (Phi) is 12.2. The Hall–Kier alpha value is -6.64. The number of hydrogen-bond donors (Lipinski definition) is 4. The zero-order chi connectivity index (χ0) is 37.0. The van der Waals surface area contributed by atoms with Crippen LogP contribution in [0.25, 0.3) is 22.3 Å². The molecule has 1 aliphatic carbocycles. The maximum Gasteiger partial charge on any atom is 0.414 e. The molecule has 0 saturated carbocycles. The first-order chi connectivity index (χ1) is 25.2. The number of aromatic amines is 1. The highest BCUT2D eigenvalue weighted by atomic mass is 16.5. The Morgan fingerprint density at radius 3 is 2.33 bits per heavy atom. The number of hydrogen-bond acceptors (Lipinski definition) is 10. The van der Waals surface area contributed by atoms with Gasteiger partial charge >= 0.3 is 12.1 Å². The SMILES string of the molecule is C=C(NCCN(C=O)CC(=O)O)OCC1c2ccccc2-c2ccccc21.CCn1cnc2c(=O)[nH]c(NC(=O)OCc3ccc(OC)cc3)nc21. The van der Waals surface area contributed by atoms with E-state index < -0.39 is 17.6 Å². The molecule has 0 saturated heterocycles. The molecular weight excluding hydrogens is 670 g/mol. The number of aryl methyl sites for hydroxylation is 1. The van der Waals surface area contributed by atoms with Crippen molar-refractivity contribution in [2.24, 2.45) is 0 Å². The summed E-state index contributed by atoms with van der Waals surface area (Å²) in [5, 5.41) is 14.1. The van der Waals surface area contributed by atoms with Gasteiger partial charge in [0.25, 0.3) is 5.56 Å². The molecule has 15 heteroatoms. The van der Waals surface area contributed by atoms with E-state index in [-0.39, 0.29) is 37.1 Å². The number of methoxy groups -OCH3 is 1. The number of H-pyrrole nitrogens is 1. The summed E-state index contributed by atoms with van der Waals surface area (Å²) in [6.07, 6.45) is 1.32. The number of ether oxygens (including phenoxy) is 3. The number of rotatable bonds is 15. The number of fused-ring (bicyclic) bond motifs is 4. The van der Waals surface area contributed by atoms with Gasteiger partial charge in [0, 0.05) is 25.6 Å². The second-order valence-corrected chi connectivity index (χ2v) is 11.5. The summed E-state index contributed by atoms with van der Waals surface area (Å²) in [4.78, 5) is 57.2. The van der Waals surface area contributed by atoms with Gasteiger partial charge in [0.2, 0.25) is 12.4 Å². The molecule has 270 valence electrons. The Morgan fingerprint density at radius 1 is 1.04 bits per heavy atom. The van der Waals surface area contributed by atoms with Gasteiger partial charge in [-0.1, -0.05) is 60.7 Å². The molecule has 2 aromatic heterocycles. The summed E-state index contributed by atoms with van der Waals surface area (Å²) in [6, 6.07) is 23.7. The highest BCUT2D eigenvalue weighted by Gasteiger charge is 2.28. The molecule has 0 aliphatic heterocycles. The third-order valence-electron chi connectivity index (χ3n) is 8.16. The van der Waals surface area contributed by atoms with Crippen molar-refractivity contribution in [3.05, 3.63) is 119 Å². The van der Waals surface area contributed by atoms with Gasteiger partial charge in [-0.2, -0.15) is 4.98 Å². The van der Waals surface area contributed by atoms with Crippen molar-refractivity contribution in [1.82, 2.24) is 29.7 Å². The van der Waals surface area contributed by atoms with E-state index in [1.54, 1.807) is 35.9 Å². The minimum atomic E-state index is -1.05. The predicted molar refractivity (Wildman–Crippen MR) is 193 cm³/mol. The molecule has 0 spiro atoms. The van der Waals surface area contributed by atoms with Crippen molar-refractivity contribution >= 4 is 35.6 Å². The third-order valence-corrected chi connectivity index (χ3v) is 8.16. The smallest absolute Gasteiger partial charge is 0.414 e. The van der Waals surface area contributed by atoms with Gasteiger partial charge in [0.1, 0.15) is 25.5 Å². The average molecular weight is 710 g/mol. The van der Waals surface area contributed by atoms with E-state index in [2.05, 4.69) is 56.4 Å². The van der Waals surface area contributed by atoms with E-state index in [9.17, 15) is 19.2 Å². The quantitative estimate of drug-likeness (QED) is 0.0895. The highest BCUT2D eigenvalue weighted by molar-refractivity contribution is 5.83. The van der Waals surface area contributed by atoms with Crippen LogP contribution in [0.3, 0.4) is 0 Å². The molecule has 0 radical (unpaired) electrons. The number of aromatic nitrogens is 4. The predicted octanol–water partition coefficient (Wildman–Crippen LogP) is 4.32. The lowest BCUT2D eigenvalue weighted by atomic mass is 9.98. The molecule has 2 amide bonds. The molecule has 0 fully saturated rings. The fraction of sp³-hybridized carbons (Fsp3) is 0.243. The molecule has 0 bridgehead atoms. The van der Waals surface area contributed by atoms with Crippen molar-refractivity contribution in [3.63, 3.8) is 0 Å². The van der Waals surface area contributed by atoms with Crippen molar-refractivity contribution in [3.8, 4) is 16.9 Å². The Morgan fingerprint density at radius 2 is 1.71 bits per heavy atom. The van der Waals surface area contributed by atoms with Crippen LogP contribution < -0.4 is 20.9 Å². The summed E-state index contributed by atoms with van der Waals surface area (Å²) in [5.74, 6) is 0.214. The van der Waals surface area contributed by atoms with Crippen LogP contribution in [-0.2, 0) is 32.2 Å². The van der Waals surface area contributed by atoms with Crippen LogP contribution in [0.2, 0.25) is 0 Å². The number of aliphatic carboxylic acids is 1. The number of imidazole rings is 1. The number of nitrogens with one attached hydrogen (secondary N) is 3. The maximum atomic E-state index is 12.0. The van der Waals surface area contributed by atoms with E-state index >= 15 is 0 Å². The summed E-state index contributed by atoms with van der Waals surface area (Å²) >= 11 is 0. The fourth-order valence-electron chi connectivity index (χ4n) is 5.60. The van der Waals surface area contributed by atoms with Gasteiger partial charge in [0.15, 0.2) is 17.0 Å². The normalized spacial score (nSPS) is 11.3. The van der Waals surface area contributed by atoms with Crippen LogP contribution >= 0.6 is 0 Å². The van der Waals surface area contributed by atoms with Gasteiger partial charge in [-0.15, -0.1) is 0 Å². The van der Waals surface area contributed by atoms with Crippen molar-refractivity contribution in [2.45, 2.75) is 26.0 Å². The van der Waals surface area contributed by atoms with Gasteiger partial charge in [-0.05, 0) is 53.5 Å². The van der Waals surface area contributed by atoms with Crippen LogP contribution in [0, 0.1) is 0 Å². The number of anilines is 1. The van der Waals surface area contributed by atoms with Gasteiger partial charge in [-0.25, -0.2) is 9.78 Å². The largest absolute Gasteiger partial charge is 0.497 e. The molecule has 3 aromatic carbocycles. The Balaban J connectivity index is 0.000000202. The second kappa shape index (κ2) is 17.3. The minimum Gasteiger partial charge on any atom is -0.497 e. The van der Waals surface area contributed by atoms with Gasteiger partial charge < -0.3 is 34.1 Å². The molecule has 52 heavy (non-hydrogen) atoms. The first-order valence-corrected chi connectivity index (χ1v) is 16.4. The van der Waals surface area contributed by atoms with Crippen LogP contribution in [0.1, 0.15) is 29.5 Å². The van der Waals surface area contributed by atoms with Crippen molar-refractivity contribution < 1.29 is 33.7 Å². The third kappa shape index (κ3) is 9.12. The molecular formula is C37H39N7O8. The number of amides is 2. The van der Waals surface area contributed by atoms with Crippen LogP contribution in [0.15, 0.2) is 96.4 Å². The molecule has 0 atom stereocenters. The second-order valence-electron chi connectivity index (χ2n) is 11.5. The van der Waals surface area contributed by atoms with Crippen molar-refractivity contribution in [1.29, 1.82) is 0 Å². The van der Waals surface area contributed by atoms with E-state index in [0.29, 0.717) is 37.6 Å². The number of carbonyl (C=O) groups is 3. The van der Waals surface area contributed by atoms with Gasteiger partial charge in [-0.3, -0.25) is 24.7 Å². The van der Waals surface area contributed by atoms with E-state index in [1.165, 1.54) is 33.5 Å². The zero-order valence-corrected chi connectivity index (χ0v) is 28.7. The summed E-state index contributed by atoms with van der Waals surface area (Å²) < 4.78 is 17.7. The Labute approximate surface area is 298 Å². The number of benzene rings is 3. The molecule has 6 rings (SSSR count). The number of carbonyl (C=O) groups excluding carboxylic acids is 2. The number of carboxylic acid groups (broad SMARTS) is 1. The van der Waals surface area contributed by atoms with Crippen LogP contribution in [0.4, 0.5) is 10.7 Å². The summed E-state index contributed by atoms with van der Waals surface area (Å²) in [7, 11) is 1.58. The lowest BCUT2D eigenvalue weighted by Gasteiger charge is -2.19. The highest BCUT2D eigenvalue weighted by Crippen LogP contribution is 2.44. The van der Waals surface area contributed by atoms with Crippen molar-refractivity contribution in [2.75, 3.05) is 38.7 Å². The first-order valence-electron chi connectivity index (χ1n) is 16.4. The van der Waals surface area contributed by atoms with E-state index in [4.69, 9.17) is 19.3 Å². The van der Waals surface area contributed by atoms with Crippen LogP contribution in [-0.4, -0.2) is 81.3 Å². The molecule has 5 aromatic rings. The minimum absolute atomic E-state index is 0.00688.